The lowest BCUT2D eigenvalue weighted by molar-refractivity contribution is -0.263. The van der Waals surface area contributed by atoms with Crippen LogP contribution in [0.4, 0.5) is 0 Å². The van der Waals surface area contributed by atoms with E-state index in [4.69, 9.17) is 37.9 Å². The maximum absolute atomic E-state index is 13.5. The predicted molar refractivity (Wildman–Crippen MR) is 172 cm³/mol. The van der Waals surface area contributed by atoms with Crippen LogP contribution in [0.5, 0.6) is 0 Å². The van der Waals surface area contributed by atoms with Crippen molar-refractivity contribution in [1.29, 1.82) is 0 Å². The monoisotopic (exact) mass is 660 g/mol. The molecule has 0 spiro atoms. The zero-order chi connectivity index (χ0) is 32.8. The van der Waals surface area contributed by atoms with Crippen molar-refractivity contribution in [3.8, 4) is 0 Å². The lowest BCUT2D eigenvalue weighted by atomic mass is 9.83. The molecule has 0 amide bonds. The van der Waals surface area contributed by atoms with E-state index < -0.39 is 18.3 Å². The van der Waals surface area contributed by atoms with Gasteiger partial charge in [-0.25, -0.2) is 0 Å². The van der Waals surface area contributed by atoms with Crippen LogP contribution in [0.1, 0.15) is 84.5 Å². The highest BCUT2D eigenvalue weighted by Gasteiger charge is 2.60. The Labute approximate surface area is 279 Å². The number of aliphatic hydroxyl groups excluding tert-OH is 1. The second-order valence-electron chi connectivity index (χ2n) is 15.2. The average molecular weight is 661 g/mol. The summed E-state index contributed by atoms with van der Waals surface area (Å²) in [5.41, 5.74) is 2.31. The number of rotatable bonds is 11. The minimum Gasteiger partial charge on any atom is -0.387 e. The van der Waals surface area contributed by atoms with Gasteiger partial charge in [-0.3, -0.25) is 4.79 Å². The molecule has 0 bridgehead atoms. The van der Waals surface area contributed by atoms with Gasteiger partial charge in [-0.1, -0.05) is 27.0 Å². The molecule has 7 heterocycles. The van der Waals surface area contributed by atoms with Crippen molar-refractivity contribution < 1.29 is 47.8 Å². The fraction of sp³-hybridized carbons (Fsp3) is 0.865. The summed E-state index contributed by atoms with van der Waals surface area (Å²) in [6.07, 6.45) is 5.53. The predicted octanol–water partition coefficient (Wildman–Crippen LogP) is 4.24. The van der Waals surface area contributed by atoms with Gasteiger partial charge >= 0.3 is 0 Å². The molecule has 7 aliphatic rings. The summed E-state index contributed by atoms with van der Waals surface area (Å²) in [6, 6.07) is 0. The lowest BCUT2D eigenvalue weighted by Gasteiger charge is -2.46. The van der Waals surface area contributed by atoms with E-state index in [1.54, 1.807) is 7.11 Å². The molecule has 7 saturated heterocycles. The molecule has 0 radical (unpaired) electrons. The van der Waals surface area contributed by atoms with E-state index in [-0.39, 0.29) is 78.8 Å². The normalized spacial score (nSPS) is 48.0. The van der Waals surface area contributed by atoms with Crippen LogP contribution in [0.3, 0.4) is 0 Å². The van der Waals surface area contributed by atoms with Crippen molar-refractivity contribution in [2.45, 2.75) is 170 Å². The minimum atomic E-state index is -0.829. The fourth-order valence-electron chi connectivity index (χ4n) is 9.35. The van der Waals surface area contributed by atoms with Crippen LogP contribution in [0.2, 0.25) is 0 Å². The van der Waals surface area contributed by atoms with Crippen LogP contribution < -0.4 is 0 Å². The van der Waals surface area contributed by atoms with Crippen LogP contribution in [0.15, 0.2) is 24.3 Å². The Kier molecular flexibility index (Phi) is 10.6. The lowest BCUT2D eigenvalue weighted by Crippen LogP contribution is -2.61. The number of ether oxygens (including phenoxy) is 8. The first-order valence-electron chi connectivity index (χ1n) is 18.3. The number of methoxy groups -OCH3 is 1. The van der Waals surface area contributed by atoms with Gasteiger partial charge in [0.25, 0.3) is 0 Å². The van der Waals surface area contributed by atoms with Gasteiger partial charge in [0.05, 0.1) is 61.5 Å². The minimum absolute atomic E-state index is 0.0460. The Morgan fingerprint density at radius 2 is 1.66 bits per heavy atom. The highest BCUT2D eigenvalue weighted by atomic mass is 16.7. The second kappa shape index (κ2) is 14.6. The van der Waals surface area contributed by atoms with Gasteiger partial charge in [-0.2, -0.15) is 0 Å². The molecular weight excluding hydrogens is 604 g/mol. The molecule has 2 unspecified atom stereocenters. The van der Waals surface area contributed by atoms with E-state index in [1.807, 2.05) is 0 Å². The topological polar surface area (TPSA) is 111 Å². The molecule has 0 aromatic rings. The number of hydrogen-bond acceptors (Lipinski definition) is 10. The maximum Gasteiger partial charge on any atom is 0.135 e. The molecular formula is C37H56O10. The van der Waals surface area contributed by atoms with Gasteiger partial charge in [0.2, 0.25) is 0 Å². The van der Waals surface area contributed by atoms with Crippen LogP contribution in [-0.2, 0) is 42.7 Å². The van der Waals surface area contributed by atoms with Crippen LogP contribution >= 0.6 is 0 Å². The summed E-state index contributed by atoms with van der Waals surface area (Å²) in [4.78, 5) is 13.5. The van der Waals surface area contributed by atoms with E-state index in [2.05, 4.69) is 27.0 Å². The summed E-state index contributed by atoms with van der Waals surface area (Å²) < 4.78 is 49.9. The second-order valence-corrected chi connectivity index (χ2v) is 15.2. The molecule has 7 rings (SSSR count). The van der Waals surface area contributed by atoms with Gasteiger partial charge in [-0.05, 0) is 62.0 Å². The van der Waals surface area contributed by atoms with E-state index in [0.717, 1.165) is 57.1 Å². The first kappa shape index (κ1) is 34.2. The molecule has 1 N–H and O–H groups in total. The van der Waals surface area contributed by atoms with E-state index in [0.29, 0.717) is 38.2 Å². The largest absolute Gasteiger partial charge is 0.387 e. The Hall–Kier alpha value is -1.21. The highest BCUT2D eigenvalue weighted by molar-refractivity contribution is 5.79. The Bertz CT molecular complexity index is 1140. The molecule has 7 fully saturated rings. The van der Waals surface area contributed by atoms with Gasteiger partial charge in [0, 0.05) is 45.3 Å². The average Bonchev–Trinajstić information content (AvgIpc) is 3.82. The smallest absolute Gasteiger partial charge is 0.135 e. The zero-order valence-corrected chi connectivity index (χ0v) is 28.5. The van der Waals surface area contributed by atoms with Crippen molar-refractivity contribution >= 4 is 5.78 Å². The first-order chi connectivity index (χ1) is 22.7. The molecule has 264 valence electrons. The number of hydrogen-bond donors (Lipinski definition) is 1. The van der Waals surface area contributed by atoms with Gasteiger partial charge in [0.15, 0.2) is 0 Å². The molecule has 47 heavy (non-hydrogen) atoms. The molecule has 7 aliphatic heterocycles. The highest BCUT2D eigenvalue weighted by Crippen LogP contribution is 2.45. The number of carbonyl (C=O) groups is 1. The number of carbonyl (C=O) groups excluding carboxylic acids is 1. The summed E-state index contributed by atoms with van der Waals surface area (Å²) in [6.45, 7) is 14.0. The van der Waals surface area contributed by atoms with Crippen LogP contribution in [0, 0.1) is 11.8 Å². The third kappa shape index (κ3) is 7.06. The summed E-state index contributed by atoms with van der Waals surface area (Å²) in [5, 5.41) is 11.4. The van der Waals surface area contributed by atoms with Gasteiger partial charge in [0.1, 0.15) is 36.3 Å². The van der Waals surface area contributed by atoms with Gasteiger partial charge in [-0.15, -0.1) is 0 Å². The molecule has 0 aromatic heterocycles. The van der Waals surface area contributed by atoms with E-state index in [9.17, 15) is 9.90 Å². The third-order valence-corrected chi connectivity index (χ3v) is 12.2. The summed E-state index contributed by atoms with van der Waals surface area (Å²) >= 11 is 0. The summed E-state index contributed by atoms with van der Waals surface area (Å²) in [5.74, 6) is 0.502. The zero-order valence-electron chi connectivity index (χ0n) is 28.5. The van der Waals surface area contributed by atoms with E-state index in [1.165, 1.54) is 5.57 Å². The number of fused-ring (bicyclic) bond motifs is 4. The third-order valence-electron chi connectivity index (χ3n) is 12.2. The number of aliphatic hydroxyl groups is 1. The van der Waals surface area contributed by atoms with Crippen LogP contribution in [-0.4, -0.2) is 117 Å². The Morgan fingerprint density at radius 3 is 2.45 bits per heavy atom. The summed E-state index contributed by atoms with van der Waals surface area (Å²) in [7, 11) is 1.68. The molecule has 0 aliphatic carbocycles. The van der Waals surface area contributed by atoms with Crippen molar-refractivity contribution in [3.63, 3.8) is 0 Å². The first-order valence-corrected chi connectivity index (χ1v) is 18.3. The standard InChI is InChI=1S/C37H56O10/c1-6-27-20(3)13-23(43-27)7-8-25-16-31-35(45-25)37-36(47-31)33(39)34-28(46-37)10-9-24(44-34)14-22(38)15-26-30(42-18-32(26)40-5)17-29-21(4)19(2)11-12-41-29/h19,23-37,39H,3-4,6-18H2,1-2,5H3/t19-,23+,24-,25?,26+,27+,28+,29-,30+,31-,32+,33?,34+,35+,36+,37+/m1/s1. The number of ketones is 1. The van der Waals surface area contributed by atoms with Crippen molar-refractivity contribution in [1.82, 2.24) is 0 Å². The fourth-order valence-corrected chi connectivity index (χ4v) is 9.35. The molecule has 0 saturated carbocycles. The van der Waals surface area contributed by atoms with Crippen molar-refractivity contribution in [2.75, 3.05) is 20.3 Å². The molecule has 16 atom stereocenters. The Balaban J connectivity index is 0.888. The quantitative estimate of drug-likeness (QED) is 0.323. The molecule has 10 heteroatoms. The molecule has 10 nitrogen and oxygen atoms in total. The molecule has 0 aromatic carbocycles. The van der Waals surface area contributed by atoms with Gasteiger partial charge < -0.3 is 43.0 Å². The number of Topliss-reactive ketones (excluding diaryl/α,β-unsaturated/α-hetero) is 1. The van der Waals surface area contributed by atoms with Crippen LogP contribution in [0.25, 0.3) is 0 Å². The maximum atomic E-state index is 13.5. The van der Waals surface area contributed by atoms with Crippen molar-refractivity contribution in [2.24, 2.45) is 11.8 Å². The Morgan fingerprint density at radius 1 is 0.872 bits per heavy atom. The van der Waals surface area contributed by atoms with E-state index >= 15 is 0 Å². The SMILES string of the molecule is C=C1C[C@H](CCC2C[C@H]3O[C@H]4C(O)[C@H]5O[C@@H](CC(=O)C[C@@H]6[C@@H](OC)CO[C@H]6C[C@H]6OCC[C@@H](C)C6=C)CC[C@@H]5O[C@H]4[C@H]3O2)O[C@H]1CC. The van der Waals surface area contributed by atoms with Crippen molar-refractivity contribution in [3.05, 3.63) is 24.3 Å².